The molecule has 0 spiro atoms. The smallest absolute Gasteiger partial charge is 0.302 e. The summed E-state index contributed by atoms with van der Waals surface area (Å²) in [4.78, 5) is 10.0. The average Bonchev–Trinajstić information content (AvgIpc) is 2.42. The van der Waals surface area contributed by atoms with E-state index in [1.165, 1.54) is 0 Å². The van der Waals surface area contributed by atoms with E-state index in [4.69, 9.17) is 9.05 Å². The molecular weight excluding hydrogens is 287 g/mol. The highest BCUT2D eigenvalue weighted by Gasteiger charge is 2.29. The summed E-state index contributed by atoms with van der Waals surface area (Å²) < 4.78 is 23.1. The van der Waals surface area contributed by atoms with Gasteiger partial charge in [0.1, 0.15) is 0 Å². The molecule has 2 atom stereocenters. The first-order chi connectivity index (χ1) is 9.99. The first-order valence-corrected chi connectivity index (χ1v) is 10.2. The third-order valence-corrected chi connectivity index (χ3v) is 4.67. The van der Waals surface area contributed by atoms with E-state index in [1.807, 2.05) is 0 Å². The Morgan fingerprint density at radius 1 is 0.762 bits per heavy atom. The zero-order valence-electron chi connectivity index (χ0n) is 14.3. The molecule has 5 heteroatoms. The van der Waals surface area contributed by atoms with Crippen LogP contribution in [-0.2, 0) is 13.6 Å². The van der Waals surface area contributed by atoms with E-state index in [2.05, 4.69) is 27.7 Å². The molecule has 0 amide bonds. The molecule has 0 aliphatic rings. The SMILES string of the molecule is CCCCC(CCC)OP(=O)(O)OC(CCC)CCCC. The summed E-state index contributed by atoms with van der Waals surface area (Å²) in [6.45, 7) is 8.35. The minimum atomic E-state index is -3.94. The van der Waals surface area contributed by atoms with E-state index in [0.29, 0.717) is 0 Å². The van der Waals surface area contributed by atoms with Crippen molar-refractivity contribution in [3.8, 4) is 0 Å². The highest BCUT2D eigenvalue weighted by molar-refractivity contribution is 7.47. The lowest BCUT2D eigenvalue weighted by molar-refractivity contribution is 0.0593. The van der Waals surface area contributed by atoms with E-state index in [-0.39, 0.29) is 12.2 Å². The van der Waals surface area contributed by atoms with Crippen LogP contribution in [0.1, 0.15) is 91.9 Å². The number of phosphoric acid groups is 1. The summed E-state index contributed by atoms with van der Waals surface area (Å²) in [5.74, 6) is 0. The maximum Gasteiger partial charge on any atom is 0.472 e. The van der Waals surface area contributed by atoms with Crippen LogP contribution in [0.15, 0.2) is 0 Å². The quantitative estimate of drug-likeness (QED) is 0.408. The second-order valence-electron chi connectivity index (χ2n) is 5.79. The van der Waals surface area contributed by atoms with Gasteiger partial charge in [-0.05, 0) is 25.7 Å². The summed E-state index contributed by atoms with van der Waals surface area (Å²) in [5, 5.41) is 0. The predicted octanol–water partition coefficient (Wildman–Crippen LogP) is 5.84. The molecule has 21 heavy (non-hydrogen) atoms. The van der Waals surface area contributed by atoms with Crippen LogP contribution in [0.5, 0.6) is 0 Å². The fourth-order valence-corrected chi connectivity index (χ4v) is 3.63. The molecular formula is C16H35O4P. The van der Waals surface area contributed by atoms with Crippen LogP contribution in [0.25, 0.3) is 0 Å². The number of phosphoric ester groups is 1. The third kappa shape index (κ3) is 11.3. The molecule has 0 aliphatic carbocycles. The summed E-state index contributed by atoms with van der Waals surface area (Å²) in [5.41, 5.74) is 0. The molecule has 4 nitrogen and oxygen atoms in total. The van der Waals surface area contributed by atoms with Crippen molar-refractivity contribution in [1.82, 2.24) is 0 Å². The highest BCUT2D eigenvalue weighted by atomic mass is 31.2. The molecule has 0 aromatic rings. The van der Waals surface area contributed by atoms with Gasteiger partial charge in [0.2, 0.25) is 0 Å². The Bertz CT molecular complexity index is 259. The molecule has 0 saturated heterocycles. The monoisotopic (exact) mass is 322 g/mol. The van der Waals surface area contributed by atoms with E-state index in [0.717, 1.165) is 64.2 Å². The van der Waals surface area contributed by atoms with Gasteiger partial charge < -0.3 is 4.89 Å². The van der Waals surface area contributed by atoms with Crippen molar-refractivity contribution >= 4 is 7.82 Å². The van der Waals surface area contributed by atoms with Gasteiger partial charge in [-0.2, -0.15) is 0 Å². The van der Waals surface area contributed by atoms with Crippen molar-refractivity contribution in [1.29, 1.82) is 0 Å². The number of rotatable bonds is 14. The molecule has 0 aromatic heterocycles. The van der Waals surface area contributed by atoms with Crippen LogP contribution in [0, 0.1) is 0 Å². The maximum absolute atomic E-state index is 12.2. The molecule has 0 rings (SSSR count). The van der Waals surface area contributed by atoms with Crippen molar-refractivity contribution < 1.29 is 18.5 Å². The molecule has 0 aromatic carbocycles. The zero-order chi connectivity index (χ0) is 16.1. The van der Waals surface area contributed by atoms with Gasteiger partial charge in [0, 0.05) is 0 Å². The lowest BCUT2D eigenvalue weighted by atomic mass is 10.1. The van der Waals surface area contributed by atoms with Crippen molar-refractivity contribution in [3.05, 3.63) is 0 Å². The summed E-state index contributed by atoms with van der Waals surface area (Å²) in [6.07, 6.45) is 8.98. The Kier molecular flexibility index (Phi) is 12.7. The van der Waals surface area contributed by atoms with Crippen LogP contribution >= 0.6 is 7.82 Å². The summed E-state index contributed by atoms with van der Waals surface area (Å²) in [6, 6.07) is 0. The fraction of sp³-hybridized carbons (Fsp3) is 1.00. The minimum Gasteiger partial charge on any atom is -0.302 e. The largest absolute Gasteiger partial charge is 0.472 e. The normalized spacial score (nSPS) is 17.4. The van der Waals surface area contributed by atoms with Gasteiger partial charge >= 0.3 is 7.82 Å². The predicted molar refractivity (Wildman–Crippen MR) is 88.4 cm³/mol. The van der Waals surface area contributed by atoms with Gasteiger partial charge in [-0.1, -0.05) is 66.2 Å². The van der Waals surface area contributed by atoms with Crippen LogP contribution in [0.2, 0.25) is 0 Å². The first kappa shape index (κ1) is 21.1. The molecule has 1 N–H and O–H groups in total. The summed E-state index contributed by atoms with van der Waals surface area (Å²) >= 11 is 0. The van der Waals surface area contributed by atoms with Gasteiger partial charge in [-0.3, -0.25) is 9.05 Å². The lowest BCUT2D eigenvalue weighted by Gasteiger charge is -2.24. The van der Waals surface area contributed by atoms with E-state index in [9.17, 15) is 9.46 Å². The Balaban J connectivity index is 4.47. The van der Waals surface area contributed by atoms with E-state index >= 15 is 0 Å². The Morgan fingerprint density at radius 3 is 1.43 bits per heavy atom. The van der Waals surface area contributed by atoms with Gasteiger partial charge in [0.05, 0.1) is 12.2 Å². The standard InChI is InChI=1S/C16H35O4P/c1-5-9-13-15(11-7-3)19-21(17,18)20-16(12-8-4)14-10-6-2/h15-16H,5-14H2,1-4H3,(H,17,18). The maximum atomic E-state index is 12.2. The summed E-state index contributed by atoms with van der Waals surface area (Å²) in [7, 11) is -3.94. The second kappa shape index (κ2) is 12.6. The Labute approximate surface area is 131 Å². The van der Waals surface area contributed by atoms with Crippen molar-refractivity contribution in [2.75, 3.05) is 0 Å². The lowest BCUT2D eigenvalue weighted by Crippen LogP contribution is -2.17. The molecule has 0 bridgehead atoms. The van der Waals surface area contributed by atoms with Crippen LogP contribution < -0.4 is 0 Å². The zero-order valence-corrected chi connectivity index (χ0v) is 15.2. The van der Waals surface area contributed by atoms with Gasteiger partial charge in [0.15, 0.2) is 0 Å². The topological polar surface area (TPSA) is 55.8 Å². The molecule has 0 fully saturated rings. The van der Waals surface area contributed by atoms with Gasteiger partial charge in [-0.15, -0.1) is 0 Å². The van der Waals surface area contributed by atoms with Gasteiger partial charge in [0.25, 0.3) is 0 Å². The van der Waals surface area contributed by atoms with Crippen molar-refractivity contribution in [2.45, 2.75) is 104 Å². The fourth-order valence-electron chi connectivity index (χ4n) is 2.41. The van der Waals surface area contributed by atoms with Crippen LogP contribution in [0.3, 0.4) is 0 Å². The molecule has 0 aliphatic heterocycles. The number of hydrogen-bond donors (Lipinski definition) is 1. The van der Waals surface area contributed by atoms with E-state index < -0.39 is 7.82 Å². The highest BCUT2D eigenvalue weighted by Crippen LogP contribution is 2.48. The van der Waals surface area contributed by atoms with Crippen molar-refractivity contribution in [2.24, 2.45) is 0 Å². The average molecular weight is 322 g/mol. The molecule has 0 radical (unpaired) electrons. The van der Waals surface area contributed by atoms with Crippen molar-refractivity contribution in [3.63, 3.8) is 0 Å². The number of unbranched alkanes of at least 4 members (excludes halogenated alkanes) is 2. The van der Waals surface area contributed by atoms with E-state index in [1.54, 1.807) is 0 Å². The first-order valence-electron chi connectivity index (χ1n) is 8.68. The second-order valence-corrected chi connectivity index (χ2v) is 7.14. The van der Waals surface area contributed by atoms with Gasteiger partial charge in [-0.25, -0.2) is 4.57 Å². The Hall–Kier alpha value is 0.110. The molecule has 128 valence electrons. The molecule has 2 unspecified atom stereocenters. The molecule has 0 heterocycles. The third-order valence-electron chi connectivity index (χ3n) is 3.55. The van der Waals surface area contributed by atoms with Crippen LogP contribution in [0.4, 0.5) is 0 Å². The number of hydrogen-bond acceptors (Lipinski definition) is 3. The minimum absolute atomic E-state index is 0.167. The van der Waals surface area contributed by atoms with Crippen LogP contribution in [-0.4, -0.2) is 17.1 Å². The Morgan fingerprint density at radius 2 is 1.14 bits per heavy atom. The molecule has 0 saturated carbocycles.